The first-order valence-electron chi connectivity index (χ1n) is 7.04. The van der Waals surface area contributed by atoms with Crippen LogP contribution in [0.25, 0.3) is 0 Å². The Kier molecular flexibility index (Phi) is 4.74. The molecule has 5 unspecified atom stereocenters. The van der Waals surface area contributed by atoms with Crippen molar-refractivity contribution in [1.29, 1.82) is 0 Å². The van der Waals surface area contributed by atoms with Gasteiger partial charge in [-0.1, -0.05) is 45.2 Å². The van der Waals surface area contributed by atoms with Crippen molar-refractivity contribution in [3.05, 3.63) is 0 Å². The SMILES string of the molecule is CC(C)C1C(C)CCCC1(C(=O)O)C1OC(Cl)CS1. The Balaban J connectivity index is 2.37. The third kappa shape index (κ3) is 2.64. The van der Waals surface area contributed by atoms with Gasteiger partial charge >= 0.3 is 5.97 Å². The molecule has 2 aliphatic rings. The molecule has 1 aliphatic carbocycles. The van der Waals surface area contributed by atoms with Gasteiger partial charge in [-0.25, -0.2) is 0 Å². The van der Waals surface area contributed by atoms with Crippen LogP contribution in [-0.2, 0) is 9.53 Å². The van der Waals surface area contributed by atoms with Crippen molar-refractivity contribution < 1.29 is 14.6 Å². The Morgan fingerprint density at radius 2 is 2.21 bits per heavy atom. The van der Waals surface area contributed by atoms with Gasteiger partial charge in [-0.15, -0.1) is 11.8 Å². The van der Waals surface area contributed by atoms with Crippen molar-refractivity contribution >= 4 is 29.3 Å². The highest BCUT2D eigenvalue weighted by atomic mass is 35.5. The van der Waals surface area contributed by atoms with Gasteiger partial charge in [0, 0.05) is 5.75 Å². The molecule has 0 aromatic rings. The molecule has 2 fully saturated rings. The fourth-order valence-electron chi connectivity index (χ4n) is 4.09. The number of carboxylic acid groups (broad SMARTS) is 1. The molecule has 1 saturated heterocycles. The molecule has 110 valence electrons. The molecule has 2 rings (SSSR count). The lowest BCUT2D eigenvalue weighted by Crippen LogP contribution is -2.53. The summed E-state index contributed by atoms with van der Waals surface area (Å²) in [6.45, 7) is 6.43. The van der Waals surface area contributed by atoms with Gasteiger partial charge in [0.25, 0.3) is 0 Å². The molecule has 1 aliphatic heterocycles. The number of carbonyl (C=O) groups is 1. The Bertz CT molecular complexity index is 350. The Morgan fingerprint density at radius 1 is 1.53 bits per heavy atom. The van der Waals surface area contributed by atoms with Crippen LogP contribution in [0.15, 0.2) is 0 Å². The third-order valence-corrected chi connectivity index (χ3v) is 6.41. The molecule has 0 aromatic carbocycles. The lowest BCUT2D eigenvalue weighted by molar-refractivity contribution is -0.169. The highest BCUT2D eigenvalue weighted by Gasteiger charge is 2.58. The molecule has 0 amide bonds. The number of hydrogen-bond donors (Lipinski definition) is 1. The second-order valence-electron chi connectivity index (χ2n) is 6.20. The summed E-state index contributed by atoms with van der Waals surface area (Å²) in [5.74, 6) is 0.883. The van der Waals surface area contributed by atoms with E-state index in [1.54, 1.807) is 11.8 Å². The van der Waals surface area contributed by atoms with Gasteiger partial charge in [0.15, 0.2) is 0 Å². The Labute approximate surface area is 124 Å². The molecule has 0 bridgehead atoms. The normalized spacial score (nSPS) is 43.6. The summed E-state index contributed by atoms with van der Waals surface area (Å²) in [6, 6.07) is 0. The maximum Gasteiger partial charge on any atom is 0.313 e. The summed E-state index contributed by atoms with van der Waals surface area (Å²) >= 11 is 7.59. The van der Waals surface area contributed by atoms with Gasteiger partial charge in [-0.3, -0.25) is 4.79 Å². The molecule has 0 aromatic heterocycles. The van der Waals surface area contributed by atoms with E-state index in [9.17, 15) is 9.90 Å². The topological polar surface area (TPSA) is 46.5 Å². The number of halogens is 1. The first-order valence-corrected chi connectivity index (χ1v) is 8.52. The molecular formula is C14H23ClO3S. The average Bonchev–Trinajstić information content (AvgIpc) is 2.74. The number of carboxylic acids is 1. The van der Waals surface area contributed by atoms with Crippen LogP contribution in [-0.4, -0.2) is 27.8 Å². The number of rotatable bonds is 3. The van der Waals surface area contributed by atoms with E-state index in [1.807, 2.05) is 0 Å². The minimum absolute atomic E-state index is 0.151. The predicted octanol–water partition coefficient (Wildman–Crippen LogP) is 3.80. The van der Waals surface area contributed by atoms with Crippen LogP contribution >= 0.6 is 23.4 Å². The molecule has 0 spiro atoms. The van der Waals surface area contributed by atoms with Gasteiger partial charge in [0.05, 0.1) is 0 Å². The molecule has 1 N–H and O–H groups in total. The van der Waals surface area contributed by atoms with E-state index in [1.165, 1.54) is 0 Å². The van der Waals surface area contributed by atoms with Crippen molar-refractivity contribution in [2.75, 3.05) is 5.75 Å². The predicted molar refractivity (Wildman–Crippen MR) is 78.4 cm³/mol. The highest BCUT2D eigenvalue weighted by Crippen LogP contribution is 2.55. The second kappa shape index (κ2) is 5.82. The average molecular weight is 307 g/mol. The molecule has 3 nitrogen and oxygen atoms in total. The quantitative estimate of drug-likeness (QED) is 0.806. The first-order chi connectivity index (χ1) is 8.89. The summed E-state index contributed by atoms with van der Waals surface area (Å²) in [6.07, 6.45) is 2.78. The fourth-order valence-corrected chi connectivity index (χ4v) is 5.77. The van der Waals surface area contributed by atoms with Crippen LogP contribution in [0.2, 0.25) is 0 Å². The monoisotopic (exact) mass is 306 g/mol. The molecule has 19 heavy (non-hydrogen) atoms. The maximum absolute atomic E-state index is 12.1. The molecule has 1 heterocycles. The van der Waals surface area contributed by atoms with Crippen LogP contribution < -0.4 is 0 Å². The molecule has 0 radical (unpaired) electrons. The largest absolute Gasteiger partial charge is 0.481 e. The standard InChI is InChI=1S/C14H23ClO3S/c1-8(2)11-9(3)5-4-6-14(11,12(16)17)13-18-10(15)7-19-13/h8-11,13H,4-7H2,1-3H3,(H,16,17). The zero-order valence-corrected chi connectivity index (χ0v) is 13.3. The highest BCUT2D eigenvalue weighted by molar-refractivity contribution is 8.00. The van der Waals surface area contributed by atoms with Crippen molar-refractivity contribution in [3.8, 4) is 0 Å². The second-order valence-corrected chi connectivity index (χ2v) is 7.78. The van der Waals surface area contributed by atoms with Crippen molar-refractivity contribution in [2.45, 2.75) is 51.0 Å². The van der Waals surface area contributed by atoms with E-state index in [4.69, 9.17) is 16.3 Å². The fraction of sp³-hybridized carbons (Fsp3) is 0.929. The van der Waals surface area contributed by atoms with E-state index < -0.39 is 11.4 Å². The summed E-state index contributed by atoms with van der Waals surface area (Å²) in [4.78, 5) is 12.1. The minimum atomic E-state index is -0.778. The first kappa shape index (κ1) is 15.5. The van der Waals surface area contributed by atoms with Gasteiger partial charge in [0.1, 0.15) is 16.4 Å². The number of hydrogen-bond acceptors (Lipinski definition) is 3. The smallest absolute Gasteiger partial charge is 0.313 e. The number of thioether (sulfide) groups is 1. The van der Waals surface area contributed by atoms with Crippen LogP contribution in [0.1, 0.15) is 40.0 Å². The van der Waals surface area contributed by atoms with Gasteiger partial charge in [-0.05, 0) is 24.2 Å². The number of ether oxygens (including phenoxy) is 1. The van der Waals surface area contributed by atoms with Crippen LogP contribution in [0, 0.1) is 23.2 Å². The summed E-state index contributed by atoms with van der Waals surface area (Å²) < 4.78 is 5.74. The lowest BCUT2D eigenvalue weighted by Gasteiger charge is -2.48. The zero-order valence-electron chi connectivity index (χ0n) is 11.8. The summed E-state index contributed by atoms with van der Waals surface area (Å²) in [5.41, 5.74) is -1.43. The van der Waals surface area contributed by atoms with Crippen molar-refractivity contribution in [2.24, 2.45) is 23.2 Å². The van der Waals surface area contributed by atoms with E-state index in [2.05, 4.69) is 20.8 Å². The van der Waals surface area contributed by atoms with Crippen LogP contribution in [0.4, 0.5) is 0 Å². The number of alkyl halides is 1. The van der Waals surface area contributed by atoms with Gasteiger partial charge in [0.2, 0.25) is 0 Å². The zero-order chi connectivity index (χ0) is 14.2. The molecule has 1 saturated carbocycles. The Hall–Kier alpha value is 0.0700. The third-order valence-electron chi connectivity index (χ3n) is 4.64. The van der Waals surface area contributed by atoms with E-state index in [-0.39, 0.29) is 16.9 Å². The van der Waals surface area contributed by atoms with Gasteiger partial charge < -0.3 is 9.84 Å². The van der Waals surface area contributed by atoms with E-state index in [0.717, 1.165) is 12.8 Å². The van der Waals surface area contributed by atoms with E-state index in [0.29, 0.717) is 24.0 Å². The van der Waals surface area contributed by atoms with Crippen LogP contribution in [0.3, 0.4) is 0 Å². The van der Waals surface area contributed by atoms with Crippen molar-refractivity contribution in [3.63, 3.8) is 0 Å². The van der Waals surface area contributed by atoms with E-state index >= 15 is 0 Å². The van der Waals surface area contributed by atoms with Crippen LogP contribution in [0.5, 0.6) is 0 Å². The molecule has 5 heteroatoms. The summed E-state index contributed by atoms with van der Waals surface area (Å²) in [7, 11) is 0. The van der Waals surface area contributed by atoms with Crippen molar-refractivity contribution in [1.82, 2.24) is 0 Å². The van der Waals surface area contributed by atoms with Gasteiger partial charge in [-0.2, -0.15) is 0 Å². The lowest BCUT2D eigenvalue weighted by atomic mass is 9.58. The Morgan fingerprint density at radius 3 is 2.68 bits per heavy atom. The summed E-state index contributed by atoms with van der Waals surface area (Å²) in [5, 5.41) is 9.94. The number of aliphatic carboxylic acids is 1. The molecule has 5 atom stereocenters. The minimum Gasteiger partial charge on any atom is -0.481 e. The maximum atomic E-state index is 12.1. The molecular weight excluding hydrogens is 284 g/mol.